The maximum atomic E-state index is 11.5. The molecular formula is C31H33N5O2. The van der Waals surface area contributed by atoms with Gasteiger partial charge in [0.15, 0.2) is 5.82 Å². The summed E-state index contributed by atoms with van der Waals surface area (Å²) in [6.07, 6.45) is 5.83. The highest BCUT2D eigenvalue weighted by Crippen LogP contribution is 2.41. The molecule has 7 nitrogen and oxygen atoms in total. The number of piperidine rings is 1. The number of aromatic carboxylic acids is 1. The van der Waals surface area contributed by atoms with Crippen LogP contribution in [0.4, 0.5) is 5.69 Å². The summed E-state index contributed by atoms with van der Waals surface area (Å²) in [6, 6.07) is 19.4. The Bertz CT molecular complexity index is 1500. The fourth-order valence-electron chi connectivity index (χ4n) is 6.04. The SMILES string of the molecule is Cc1cc(C2CCNCC2)ccc1NC1CCc2cccc(-c3cccc(-n4ncc(C(=O)O)c4C)n3)c21. The van der Waals surface area contributed by atoms with E-state index in [-0.39, 0.29) is 11.6 Å². The van der Waals surface area contributed by atoms with E-state index >= 15 is 0 Å². The molecule has 1 aliphatic heterocycles. The van der Waals surface area contributed by atoms with Crippen molar-refractivity contribution in [2.24, 2.45) is 0 Å². The minimum Gasteiger partial charge on any atom is -0.478 e. The molecule has 3 N–H and O–H groups in total. The van der Waals surface area contributed by atoms with Crippen LogP contribution in [-0.4, -0.2) is 38.9 Å². The molecule has 2 aliphatic rings. The van der Waals surface area contributed by atoms with Crippen LogP contribution in [0.3, 0.4) is 0 Å². The van der Waals surface area contributed by atoms with Gasteiger partial charge in [-0.05, 0) is 99.0 Å². The van der Waals surface area contributed by atoms with Gasteiger partial charge in [-0.2, -0.15) is 5.10 Å². The molecular weight excluding hydrogens is 474 g/mol. The van der Waals surface area contributed by atoms with Crippen molar-refractivity contribution in [1.82, 2.24) is 20.1 Å². The number of hydrogen-bond donors (Lipinski definition) is 3. The van der Waals surface area contributed by atoms with E-state index in [1.165, 1.54) is 47.0 Å². The van der Waals surface area contributed by atoms with E-state index < -0.39 is 5.97 Å². The third-order valence-electron chi connectivity index (χ3n) is 8.11. The van der Waals surface area contributed by atoms with Crippen LogP contribution in [0.5, 0.6) is 0 Å². The molecule has 7 heteroatoms. The lowest BCUT2D eigenvalue weighted by atomic mass is 9.89. The molecule has 1 fully saturated rings. The van der Waals surface area contributed by atoms with E-state index in [0.29, 0.717) is 17.4 Å². The number of rotatable bonds is 6. The molecule has 1 aliphatic carbocycles. The van der Waals surface area contributed by atoms with Gasteiger partial charge in [-0.1, -0.05) is 36.4 Å². The van der Waals surface area contributed by atoms with Crippen molar-refractivity contribution in [3.63, 3.8) is 0 Å². The Kier molecular flexibility index (Phi) is 6.45. The number of carboxylic acid groups (broad SMARTS) is 1. The summed E-state index contributed by atoms with van der Waals surface area (Å²) in [5.74, 6) is 0.266. The molecule has 0 amide bonds. The van der Waals surface area contributed by atoms with Gasteiger partial charge in [0.05, 0.1) is 23.6 Å². The van der Waals surface area contributed by atoms with Gasteiger partial charge >= 0.3 is 5.97 Å². The fraction of sp³-hybridized carbons (Fsp3) is 0.323. The monoisotopic (exact) mass is 507 g/mol. The van der Waals surface area contributed by atoms with E-state index in [2.05, 4.69) is 59.1 Å². The first-order valence-corrected chi connectivity index (χ1v) is 13.4. The van der Waals surface area contributed by atoms with Crippen LogP contribution in [-0.2, 0) is 6.42 Å². The van der Waals surface area contributed by atoms with Gasteiger partial charge < -0.3 is 15.7 Å². The van der Waals surface area contributed by atoms with Gasteiger partial charge in [-0.3, -0.25) is 0 Å². The van der Waals surface area contributed by atoms with Crippen molar-refractivity contribution in [3.05, 3.63) is 94.3 Å². The summed E-state index contributed by atoms with van der Waals surface area (Å²) in [4.78, 5) is 16.4. The summed E-state index contributed by atoms with van der Waals surface area (Å²) in [5, 5.41) is 21.0. The second kappa shape index (κ2) is 10.1. The van der Waals surface area contributed by atoms with E-state index in [9.17, 15) is 9.90 Å². The zero-order chi connectivity index (χ0) is 26.2. The Morgan fingerprint density at radius 2 is 1.87 bits per heavy atom. The van der Waals surface area contributed by atoms with E-state index in [1.54, 1.807) is 11.6 Å². The van der Waals surface area contributed by atoms with Crippen molar-refractivity contribution in [2.45, 2.75) is 51.5 Å². The van der Waals surface area contributed by atoms with Gasteiger partial charge in [0.25, 0.3) is 0 Å². The number of nitrogens with one attached hydrogen (secondary N) is 2. The number of hydrogen-bond acceptors (Lipinski definition) is 5. The Labute approximate surface area is 222 Å². The van der Waals surface area contributed by atoms with Crippen LogP contribution in [0.15, 0.2) is 60.8 Å². The molecule has 0 bridgehead atoms. The number of nitrogens with zero attached hydrogens (tertiary/aromatic N) is 3. The normalized spacial score (nSPS) is 17.4. The highest BCUT2D eigenvalue weighted by Gasteiger charge is 2.27. The molecule has 6 rings (SSSR count). The van der Waals surface area contributed by atoms with Gasteiger partial charge in [0.1, 0.15) is 5.56 Å². The Hall–Kier alpha value is -3.97. The second-order valence-electron chi connectivity index (χ2n) is 10.5. The van der Waals surface area contributed by atoms with E-state index in [0.717, 1.165) is 37.2 Å². The molecule has 194 valence electrons. The molecule has 0 saturated carbocycles. The molecule has 4 aromatic rings. The minimum atomic E-state index is -0.987. The number of aryl methyl sites for hydroxylation is 2. The van der Waals surface area contributed by atoms with Crippen molar-refractivity contribution < 1.29 is 9.90 Å². The van der Waals surface area contributed by atoms with E-state index in [1.807, 2.05) is 18.2 Å². The lowest BCUT2D eigenvalue weighted by Crippen LogP contribution is -2.26. The predicted octanol–water partition coefficient (Wildman–Crippen LogP) is 5.82. The highest BCUT2D eigenvalue weighted by atomic mass is 16.4. The number of carboxylic acids is 1. The summed E-state index contributed by atoms with van der Waals surface area (Å²) < 4.78 is 1.60. The Balaban J connectivity index is 1.30. The van der Waals surface area contributed by atoms with E-state index in [4.69, 9.17) is 4.98 Å². The molecule has 3 heterocycles. The Morgan fingerprint density at radius 1 is 1.05 bits per heavy atom. The van der Waals surface area contributed by atoms with Crippen LogP contribution in [0.2, 0.25) is 0 Å². The molecule has 2 aromatic heterocycles. The average Bonchev–Trinajstić information content (AvgIpc) is 3.54. The Morgan fingerprint density at radius 3 is 2.63 bits per heavy atom. The summed E-state index contributed by atoms with van der Waals surface area (Å²) >= 11 is 0. The van der Waals surface area contributed by atoms with Crippen molar-refractivity contribution in [2.75, 3.05) is 18.4 Å². The first-order valence-electron chi connectivity index (χ1n) is 13.4. The smallest absolute Gasteiger partial charge is 0.339 e. The minimum absolute atomic E-state index is 0.184. The summed E-state index contributed by atoms with van der Waals surface area (Å²) in [5.41, 5.74) is 9.27. The predicted molar refractivity (Wildman–Crippen MR) is 149 cm³/mol. The molecule has 38 heavy (non-hydrogen) atoms. The maximum Gasteiger partial charge on any atom is 0.339 e. The first-order chi connectivity index (χ1) is 18.5. The molecule has 1 unspecified atom stereocenters. The molecule has 1 atom stereocenters. The topological polar surface area (TPSA) is 92.1 Å². The number of benzene rings is 2. The molecule has 1 saturated heterocycles. The second-order valence-corrected chi connectivity index (χ2v) is 10.5. The van der Waals surface area contributed by atoms with Crippen molar-refractivity contribution in [1.29, 1.82) is 0 Å². The lowest BCUT2D eigenvalue weighted by molar-refractivity contribution is 0.0696. The van der Waals surface area contributed by atoms with Crippen molar-refractivity contribution in [3.8, 4) is 17.1 Å². The van der Waals surface area contributed by atoms with Crippen LogP contribution < -0.4 is 10.6 Å². The van der Waals surface area contributed by atoms with Crippen LogP contribution >= 0.6 is 0 Å². The van der Waals surface area contributed by atoms with Gasteiger partial charge in [-0.25, -0.2) is 14.5 Å². The standard InChI is InChI=1S/C31H33N5O2/c1-19-17-23(21-13-15-32-16-14-21)10-11-26(19)34-28-12-9-22-5-3-6-24(30(22)28)27-7-4-8-29(35-27)36-20(2)25(18-33-36)31(37)38/h3-8,10-11,17-18,21,28,32,34H,9,12-16H2,1-2H3,(H,37,38). The van der Waals surface area contributed by atoms with Crippen LogP contribution in [0.1, 0.15) is 69.5 Å². The van der Waals surface area contributed by atoms with Crippen LogP contribution in [0, 0.1) is 13.8 Å². The van der Waals surface area contributed by atoms with Gasteiger partial charge in [-0.15, -0.1) is 0 Å². The number of carbonyl (C=O) groups is 1. The van der Waals surface area contributed by atoms with Crippen molar-refractivity contribution >= 4 is 11.7 Å². The number of anilines is 1. The summed E-state index contributed by atoms with van der Waals surface area (Å²) in [7, 11) is 0. The third kappa shape index (κ3) is 4.47. The van der Waals surface area contributed by atoms with Crippen LogP contribution in [0.25, 0.3) is 17.1 Å². The number of fused-ring (bicyclic) bond motifs is 1. The summed E-state index contributed by atoms with van der Waals surface area (Å²) in [6.45, 7) is 6.16. The molecule has 2 aromatic carbocycles. The quantitative estimate of drug-likeness (QED) is 0.305. The van der Waals surface area contributed by atoms with Gasteiger partial charge in [0.2, 0.25) is 0 Å². The fourth-order valence-corrected chi connectivity index (χ4v) is 6.04. The molecule has 0 spiro atoms. The maximum absolute atomic E-state index is 11.5. The zero-order valence-electron chi connectivity index (χ0n) is 21.9. The highest BCUT2D eigenvalue weighted by molar-refractivity contribution is 5.88. The first kappa shape index (κ1) is 24.4. The average molecular weight is 508 g/mol. The zero-order valence-corrected chi connectivity index (χ0v) is 21.9. The lowest BCUT2D eigenvalue weighted by Gasteiger charge is -2.25. The third-order valence-corrected chi connectivity index (χ3v) is 8.11. The molecule has 0 radical (unpaired) electrons. The largest absolute Gasteiger partial charge is 0.478 e. The van der Waals surface area contributed by atoms with Gasteiger partial charge in [0, 0.05) is 11.3 Å². The number of pyridine rings is 1. The number of aromatic nitrogens is 3.